The lowest BCUT2D eigenvalue weighted by Gasteiger charge is -2.18. The number of hydrogen-bond acceptors (Lipinski definition) is 4. The highest BCUT2D eigenvalue weighted by molar-refractivity contribution is 5.37. The summed E-state index contributed by atoms with van der Waals surface area (Å²) in [5.74, 6) is 2.61. The van der Waals surface area contributed by atoms with Gasteiger partial charge in [-0.3, -0.25) is 9.69 Å². The number of carbonyl (C=O) groups is 1. The normalized spacial score (nSPS) is 26.4. The summed E-state index contributed by atoms with van der Waals surface area (Å²) >= 11 is 0. The van der Waals surface area contributed by atoms with Crippen LogP contribution in [0, 0.1) is 29.6 Å². The summed E-state index contributed by atoms with van der Waals surface area (Å²) in [6.45, 7) is 2.01. The topological polar surface area (TPSA) is 53.3 Å². The van der Waals surface area contributed by atoms with Crippen LogP contribution in [0.1, 0.15) is 6.42 Å². The highest BCUT2D eigenvalue weighted by Gasteiger charge is 2.33. The van der Waals surface area contributed by atoms with Gasteiger partial charge in [0.05, 0.1) is 19.2 Å². The smallest absolute Gasteiger partial charge is 0.293 e. The van der Waals surface area contributed by atoms with Crippen LogP contribution in [0.3, 0.4) is 0 Å². The molecule has 1 saturated heterocycles. The SMILES string of the molecule is C#CCN1CCC(COC=O)C1C#N. The second-order valence-electron chi connectivity index (χ2n) is 3.23. The van der Waals surface area contributed by atoms with E-state index in [1.165, 1.54) is 0 Å². The number of hydrogen-bond donors (Lipinski definition) is 0. The monoisotopic (exact) mass is 192 g/mol. The summed E-state index contributed by atoms with van der Waals surface area (Å²) < 4.78 is 4.67. The number of nitriles is 1. The molecule has 0 bridgehead atoms. The van der Waals surface area contributed by atoms with Crippen LogP contribution in [-0.2, 0) is 9.53 Å². The molecule has 0 aromatic heterocycles. The van der Waals surface area contributed by atoms with Gasteiger partial charge in [0.2, 0.25) is 0 Å². The minimum Gasteiger partial charge on any atom is -0.468 e. The predicted molar refractivity (Wildman–Crippen MR) is 49.9 cm³/mol. The van der Waals surface area contributed by atoms with Crippen molar-refractivity contribution in [3.63, 3.8) is 0 Å². The predicted octanol–water partition coefficient (Wildman–Crippen LogP) is 0.00668. The fourth-order valence-corrected chi connectivity index (χ4v) is 1.75. The van der Waals surface area contributed by atoms with Crippen LogP contribution in [0.2, 0.25) is 0 Å². The first-order valence-corrected chi connectivity index (χ1v) is 4.46. The Morgan fingerprint density at radius 3 is 3.07 bits per heavy atom. The van der Waals surface area contributed by atoms with Gasteiger partial charge in [-0.1, -0.05) is 5.92 Å². The number of nitrogens with zero attached hydrogens (tertiary/aromatic N) is 2. The van der Waals surface area contributed by atoms with E-state index in [1.54, 1.807) is 0 Å². The van der Waals surface area contributed by atoms with Gasteiger partial charge in [-0.25, -0.2) is 0 Å². The summed E-state index contributed by atoms with van der Waals surface area (Å²) in [7, 11) is 0. The molecule has 4 nitrogen and oxygen atoms in total. The highest BCUT2D eigenvalue weighted by Crippen LogP contribution is 2.23. The molecule has 0 aliphatic carbocycles. The van der Waals surface area contributed by atoms with Crippen molar-refractivity contribution < 1.29 is 9.53 Å². The van der Waals surface area contributed by atoms with Gasteiger partial charge in [-0.05, 0) is 6.42 Å². The zero-order valence-corrected chi connectivity index (χ0v) is 7.85. The molecule has 1 aliphatic heterocycles. The van der Waals surface area contributed by atoms with E-state index in [2.05, 4.69) is 16.7 Å². The summed E-state index contributed by atoms with van der Waals surface area (Å²) in [4.78, 5) is 11.9. The molecule has 14 heavy (non-hydrogen) atoms. The molecule has 2 unspecified atom stereocenters. The van der Waals surface area contributed by atoms with Crippen LogP contribution in [-0.4, -0.2) is 37.1 Å². The maximum Gasteiger partial charge on any atom is 0.293 e. The van der Waals surface area contributed by atoms with E-state index in [0.29, 0.717) is 19.6 Å². The van der Waals surface area contributed by atoms with Gasteiger partial charge in [-0.15, -0.1) is 6.42 Å². The zero-order chi connectivity index (χ0) is 10.4. The molecule has 1 aliphatic rings. The molecule has 1 fully saturated rings. The van der Waals surface area contributed by atoms with E-state index in [-0.39, 0.29) is 12.0 Å². The Labute approximate surface area is 83.4 Å². The van der Waals surface area contributed by atoms with Crippen LogP contribution in [0.4, 0.5) is 0 Å². The number of terminal acetylenes is 1. The van der Waals surface area contributed by atoms with Gasteiger partial charge in [0.25, 0.3) is 6.47 Å². The number of rotatable bonds is 4. The first-order valence-electron chi connectivity index (χ1n) is 4.46. The van der Waals surface area contributed by atoms with Crippen molar-refractivity contribution in [3.05, 3.63) is 0 Å². The third-order valence-corrected chi connectivity index (χ3v) is 2.43. The lowest BCUT2D eigenvalue weighted by molar-refractivity contribution is -0.130. The Morgan fingerprint density at radius 2 is 2.50 bits per heavy atom. The minimum absolute atomic E-state index is 0.0959. The maximum absolute atomic E-state index is 10.0. The first kappa shape index (κ1) is 10.6. The second kappa shape index (κ2) is 5.26. The Balaban J connectivity index is 2.52. The van der Waals surface area contributed by atoms with E-state index < -0.39 is 0 Å². The molecule has 0 aromatic carbocycles. The lowest BCUT2D eigenvalue weighted by atomic mass is 10.0. The molecule has 1 heterocycles. The lowest BCUT2D eigenvalue weighted by Crippen LogP contribution is -2.33. The molecule has 0 amide bonds. The van der Waals surface area contributed by atoms with Crippen molar-refractivity contribution >= 4 is 6.47 Å². The fraction of sp³-hybridized carbons (Fsp3) is 0.600. The second-order valence-corrected chi connectivity index (χ2v) is 3.23. The van der Waals surface area contributed by atoms with Gasteiger partial charge >= 0.3 is 0 Å². The third kappa shape index (κ3) is 2.25. The Hall–Kier alpha value is -1.52. The molecular formula is C10H12N2O2. The van der Waals surface area contributed by atoms with E-state index in [9.17, 15) is 4.79 Å². The van der Waals surface area contributed by atoms with Crippen molar-refractivity contribution in [1.82, 2.24) is 4.90 Å². The van der Waals surface area contributed by atoms with Crippen molar-refractivity contribution in [3.8, 4) is 18.4 Å². The van der Waals surface area contributed by atoms with Crippen LogP contribution < -0.4 is 0 Å². The first-order chi connectivity index (χ1) is 6.83. The molecule has 0 saturated carbocycles. The average molecular weight is 192 g/mol. The fourth-order valence-electron chi connectivity index (χ4n) is 1.75. The Bertz CT molecular complexity index is 277. The largest absolute Gasteiger partial charge is 0.468 e. The standard InChI is InChI=1S/C10H12N2O2/c1-2-4-12-5-3-9(7-14-8-13)10(12)6-11/h1,8-10H,3-5,7H2. The molecule has 1 rings (SSSR count). The summed E-state index contributed by atoms with van der Waals surface area (Å²) in [5, 5.41) is 8.93. The van der Waals surface area contributed by atoms with Gasteiger partial charge in [0.15, 0.2) is 0 Å². The van der Waals surface area contributed by atoms with Crippen molar-refractivity contribution in [2.75, 3.05) is 19.7 Å². The molecule has 0 spiro atoms. The number of ether oxygens (including phenoxy) is 1. The molecule has 0 aromatic rings. The van der Waals surface area contributed by atoms with E-state index >= 15 is 0 Å². The van der Waals surface area contributed by atoms with Crippen LogP contribution in [0.15, 0.2) is 0 Å². The van der Waals surface area contributed by atoms with Crippen molar-refractivity contribution in [1.29, 1.82) is 5.26 Å². The van der Waals surface area contributed by atoms with E-state index in [0.717, 1.165) is 13.0 Å². The van der Waals surface area contributed by atoms with E-state index in [4.69, 9.17) is 11.7 Å². The van der Waals surface area contributed by atoms with Crippen LogP contribution in [0.25, 0.3) is 0 Å². The average Bonchev–Trinajstić information content (AvgIpc) is 2.58. The summed E-state index contributed by atoms with van der Waals surface area (Å²) in [6.07, 6.45) is 6.04. The van der Waals surface area contributed by atoms with Crippen LogP contribution in [0.5, 0.6) is 0 Å². The molecule has 74 valence electrons. The van der Waals surface area contributed by atoms with Crippen LogP contribution >= 0.6 is 0 Å². The molecule has 4 heteroatoms. The maximum atomic E-state index is 10.0. The van der Waals surface area contributed by atoms with E-state index in [1.807, 2.05) is 4.90 Å². The summed E-state index contributed by atoms with van der Waals surface area (Å²) in [5.41, 5.74) is 0. The van der Waals surface area contributed by atoms with Gasteiger partial charge in [0.1, 0.15) is 6.04 Å². The summed E-state index contributed by atoms with van der Waals surface area (Å²) in [6, 6.07) is 1.98. The zero-order valence-electron chi connectivity index (χ0n) is 7.85. The Kier molecular flexibility index (Phi) is 3.97. The van der Waals surface area contributed by atoms with Gasteiger partial charge in [0, 0.05) is 12.5 Å². The van der Waals surface area contributed by atoms with Gasteiger partial charge in [-0.2, -0.15) is 5.26 Å². The Morgan fingerprint density at radius 1 is 1.71 bits per heavy atom. The van der Waals surface area contributed by atoms with Crippen molar-refractivity contribution in [2.24, 2.45) is 5.92 Å². The number of likely N-dealkylation sites (tertiary alicyclic amines) is 1. The minimum atomic E-state index is -0.217. The van der Waals surface area contributed by atoms with Crippen molar-refractivity contribution in [2.45, 2.75) is 12.5 Å². The molecule has 2 atom stereocenters. The molecule has 0 N–H and O–H groups in total. The quantitative estimate of drug-likeness (QED) is 0.465. The number of carbonyl (C=O) groups excluding carboxylic acids is 1. The molecular weight excluding hydrogens is 180 g/mol. The third-order valence-electron chi connectivity index (χ3n) is 2.43. The van der Waals surface area contributed by atoms with Gasteiger partial charge < -0.3 is 4.74 Å². The molecule has 0 radical (unpaired) electrons. The highest BCUT2D eigenvalue weighted by atomic mass is 16.5.